The third kappa shape index (κ3) is 2.68. The predicted molar refractivity (Wildman–Crippen MR) is 77.8 cm³/mol. The summed E-state index contributed by atoms with van der Waals surface area (Å²) in [6, 6.07) is 12.4. The van der Waals surface area contributed by atoms with Gasteiger partial charge in [0.1, 0.15) is 5.82 Å². The van der Waals surface area contributed by atoms with Crippen molar-refractivity contribution in [2.24, 2.45) is 5.73 Å². The number of aryl methyl sites for hydroxylation is 1. The van der Waals surface area contributed by atoms with E-state index < -0.39 is 0 Å². The Labute approximate surface area is 121 Å². The number of hydrogen-bond acceptors (Lipinski definition) is 4. The van der Waals surface area contributed by atoms with Gasteiger partial charge in [-0.05, 0) is 36.2 Å². The quantitative estimate of drug-likeness (QED) is 0.801. The second kappa shape index (κ2) is 5.46. The molecule has 1 heterocycles. The molecule has 2 N–H and O–H groups in total. The van der Waals surface area contributed by atoms with E-state index in [1.807, 2.05) is 24.3 Å². The van der Waals surface area contributed by atoms with E-state index in [9.17, 15) is 4.39 Å². The Bertz CT molecular complexity index is 783. The van der Waals surface area contributed by atoms with Crippen LogP contribution >= 0.6 is 0 Å². The average Bonchev–Trinajstić information content (AvgIpc) is 3.00. The lowest BCUT2D eigenvalue weighted by molar-refractivity contribution is 0.432. The highest BCUT2D eigenvalue weighted by Gasteiger charge is 2.12. The molecule has 0 saturated carbocycles. The van der Waals surface area contributed by atoms with Crippen molar-refractivity contribution < 1.29 is 8.91 Å². The highest BCUT2D eigenvalue weighted by Crippen LogP contribution is 2.24. The number of nitrogens with zero attached hydrogens (tertiary/aromatic N) is 2. The van der Waals surface area contributed by atoms with Gasteiger partial charge in [-0.1, -0.05) is 29.4 Å². The van der Waals surface area contributed by atoms with Crippen LogP contribution in [0.25, 0.3) is 22.8 Å². The molecule has 0 saturated heterocycles. The fraction of sp³-hybridized carbons (Fsp3) is 0.125. The van der Waals surface area contributed by atoms with E-state index in [0.717, 1.165) is 11.1 Å². The molecule has 3 aromatic rings. The smallest absolute Gasteiger partial charge is 0.258 e. The molecule has 106 valence electrons. The van der Waals surface area contributed by atoms with Gasteiger partial charge in [0.2, 0.25) is 5.82 Å². The molecule has 0 radical (unpaired) electrons. The van der Waals surface area contributed by atoms with Crippen LogP contribution in [0.1, 0.15) is 11.1 Å². The van der Waals surface area contributed by atoms with Crippen molar-refractivity contribution in [2.45, 2.75) is 13.5 Å². The number of nitrogens with two attached hydrogens (primary N) is 1. The van der Waals surface area contributed by atoms with Crippen molar-refractivity contribution in [3.63, 3.8) is 0 Å². The Hall–Kier alpha value is -2.53. The highest BCUT2D eigenvalue weighted by molar-refractivity contribution is 5.60. The van der Waals surface area contributed by atoms with Crippen LogP contribution < -0.4 is 5.73 Å². The lowest BCUT2D eigenvalue weighted by Crippen LogP contribution is -1.95. The number of rotatable bonds is 3. The summed E-state index contributed by atoms with van der Waals surface area (Å²) in [4.78, 5) is 4.31. The molecule has 0 aliphatic carbocycles. The first-order valence-electron chi connectivity index (χ1n) is 6.57. The van der Waals surface area contributed by atoms with Gasteiger partial charge in [-0.25, -0.2) is 4.39 Å². The van der Waals surface area contributed by atoms with Crippen molar-refractivity contribution in [3.8, 4) is 22.8 Å². The molecule has 21 heavy (non-hydrogen) atoms. The van der Waals surface area contributed by atoms with Crippen molar-refractivity contribution >= 4 is 0 Å². The summed E-state index contributed by atoms with van der Waals surface area (Å²) < 4.78 is 18.8. The van der Waals surface area contributed by atoms with Crippen LogP contribution in [0, 0.1) is 12.7 Å². The van der Waals surface area contributed by atoms with Crippen LogP contribution in [0.4, 0.5) is 4.39 Å². The van der Waals surface area contributed by atoms with Gasteiger partial charge in [-0.15, -0.1) is 0 Å². The van der Waals surface area contributed by atoms with E-state index in [-0.39, 0.29) is 5.82 Å². The zero-order chi connectivity index (χ0) is 14.8. The Morgan fingerprint density at radius 2 is 2.00 bits per heavy atom. The number of hydrogen-bond donors (Lipinski definition) is 1. The lowest BCUT2D eigenvalue weighted by Gasteiger charge is -1.99. The summed E-state index contributed by atoms with van der Waals surface area (Å²) in [5, 5.41) is 3.91. The molecule has 0 amide bonds. The minimum atomic E-state index is -0.288. The first-order chi connectivity index (χ1) is 10.2. The number of benzene rings is 2. The molecular weight excluding hydrogens is 269 g/mol. The molecular formula is C16H14FN3O. The van der Waals surface area contributed by atoms with Gasteiger partial charge in [-0.2, -0.15) is 4.98 Å². The van der Waals surface area contributed by atoms with E-state index in [1.165, 1.54) is 6.07 Å². The summed E-state index contributed by atoms with van der Waals surface area (Å²) in [6.07, 6.45) is 0. The molecule has 3 rings (SSSR count). The van der Waals surface area contributed by atoms with Crippen molar-refractivity contribution in [3.05, 3.63) is 59.4 Å². The largest absolute Gasteiger partial charge is 0.334 e. The fourth-order valence-electron chi connectivity index (χ4n) is 2.02. The number of aromatic nitrogens is 2. The van der Waals surface area contributed by atoms with Crippen LogP contribution in [0.15, 0.2) is 47.0 Å². The van der Waals surface area contributed by atoms with Crippen LogP contribution in [0.5, 0.6) is 0 Å². The Morgan fingerprint density at radius 3 is 2.76 bits per heavy atom. The summed E-state index contributed by atoms with van der Waals surface area (Å²) in [6.45, 7) is 2.15. The second-order valence-corrected chi connectivity index (χ2v) is 4.79. The fourth-order valence-corrected chi connectivity index (χ4v) is 2.02. The second-order valence-electron chi connectivity index (χ2n) is 4.79. The zero-order valence-corrected chi connectivity index (χ0v) is 11.5. The van der Waals surface area contributed by atoms with Crippen LogP contribution in [0.2, 0.25) is 0 Å². The van der Waals surface area contributed by atoms with E-state index >= 15 is 0 Å². The minimum Gasteiger partial charge on any atom is -0.334 e. The third-order valence-electron chi connectivity index (χ3n) is 3.27. The summed E-state index contributed by atoms with van der Waals surface area (Å²) in [5.41, 5.74) is 8.56. The molecule has 0 fully saturated rings. The highest BCUT2D eigenvalue weighted by atomic mass is 19.1. The Balaban J connectivity index is 1.97. The van der Waals surface area contributed by atoms with E-state index in [0.29, 0.717) is 29.4 Å². The van der Waals surface area contributed by atoms with Gasteiger partial charge in [0.25, 0.3) is 5.89 Å². The minimum absolute atomic E-state index is 0.288. The Kier molecular flexibility index (Phi) is 3.50. The van der Waals surface area contributed by atoms with E-state index in [2.05, 4.69) is 10.1 Å². The van der Waals surface area contributed by atoms with Gasteiger partial charge in [0, 0.05) is 17.7 Å². The molecule has 2 aromatic carbocycles. The molecule has 0 aliphatic rings. The van der Waals surface area contributed by atoms with E-state index in [4.69, 9.17) is 10.3 Å². The topological polar surface area (TPSA) is 64.9 Å². The first kappa shape index (κ1) is 13.5. The van der Waals surface area contributed by atoms with Gasteiger partial charge in [0.15, 0.2) is 0 Å². The first-order valence-corrected chi connectivity index (χ1v) is 6.57. The molecule has 0 atom stereocenters. The van der Waals surface area contributed by atoms with Crippen molar-refractivity contribution in [1.29, 1.82) is 0 Å². The standard InChI is InChI=1S/C16H14FN3O/c1-10-5-6-12(8-14(10)17)15-19-16(21-20-15)13-4-2-3-11(7-13)9-18/h2-8H,9,18H2,1H3. The van der Waals surface area contributed by atoms with Gasteiger partial charge >= 0.3 is 0 Å². The predicted octanol–water partition coefficient (Wildman–Crippen LogP) is 3.31. The van der Waals surface area contributed by atoms with Gasteiger partial charge in [-0.3, -0.25) is 0 Å². The molecule has 1 aromatic heterocycles. The van der Waals surface area contributed by atoms with Crippen LogP contribution in [-0.4, -0.2) is 10.1 Å². The average molecular weight is 283 g/mol. The Morgan fingerprint density at radius 1 is 1.14 bits per heavy atom. The summed E-state index contributed by atoms with van der Waals surface area (Å²) in [7, 11) is 0. The summed E-state index contributed by atoms with van der Waals surface area (Å²) in [5.74, 6) is 0.465. The SMILES string of the molecule is Cc1ccc(-c2noc(-c3cccc(CN)c3)n2)cc1F. The molecule has 0 spiro atoms. The molecule has 5 heteroatoms. The molecule has 0 unspecified atom stereocenters. The van der Waals surface area contributed by atoms with Crippen molar-refractivity contribution in [2.75, 3.05) is 0 Å². The van der Waals surface area contributed by atoms with E-state index in [1.54, 1.807) is 19.1 Å². The maximum absolute atomic E-state index is 13.6. The molecule has 0 aliphatic heterocycles. The lowest BCUT2D eigenvalue weighted by atomic mass is 10.1. The summed E-state index contributed by atoms with van der Waals surface area (Å²) >= 11 is 0. The molecule has 4 nitrogen and oxygen atoms in total. The van der Waals surface area contributed by atoms with Crippen LogP contribution in [-0.2, 0) is 6.54 Å². The van der Waals surface area contributed by atoms with Gasteiger partial charge in [0.05, 0.1) is 0 Å². The number of halogens is 1. The normalized spacial score (nSPS) is 10.8. The van der Waals surface area contributed by atoms with Crippen LogP contribution in [0.3, 0.4) is 0 Å². The maximum Gasteiger partial charge on any atom is 0.258 e. The van der Waals surface area contributed by atoms with Gasteiger partial charge < -0.3 is 10.3 Å². The zero-order valence-electron chi connectivity index (χ0n) is 11.5. The van der Waals surface area contributed by atoms with Crippen molar-refractivity contribution in [1.82, 2.24) is 10.1 Å². The third-order valence-corrected chi connectivity index (χ3v) is 3.27. The monoisotopic (exact) mass is 283 g/mol. The maximum atomic E-state index is 13.6. The molecule has 0 bridgehead atoms.